The molecular formula is C23H27N3O2. The second kappa shape index (κ2) is 8.30. The van der Waals surface area contributed by atoms with E-state index in [-0.39, 0.29) is 11.9 Å². The van der Waals surface area contributed by atoms with Crippen LogP contribution in [0.2, 0.25) is 0 Å². The van der Waals surface area contributed by atoms with Crippen LogP contribution >= 0.6 is 0 Å². The van der Waals surface area contributed by atoms with Crippen LogP contribution in [0.5, 0.6) is 5.75 Å². The van der Waals surface area contributed by atoms with Crippen LogP contribution in [0.15, 0.2) is 48.7 Å². The fourth-order valence-electron chi connectivity index (χ4n) is 3.22. The summed E-state index contributed by atoms with van der Waals surface area (Å²) in [6.45, 7) is 8.48. The summed E-state index contributed by atoms with van der Waals surface area (Å²) in [4.78, 5) is 12.7. The quantitative estimate of drug-likeness (QED) is 0.692. The highest BCUT2D eigenvalue weighted by molar-refractivity contribution is 5.94. The fraction of sp³-hybridized carbons (Fsp3) is 0.304. The van der Waals surface area contributed by atoms with Crippen molar-refractivity contribution in [3.63, 3.8) is 0 Å². The molecule has 2 aromatic carbocycles. The zero-order valence-electron chi connectivity index (χ0n) is 17.1. The molecule has 3 rings (SSSR count). The van der Waals surface area contributed by atoms with Gasteiger partial charge in [-0.05, 0) is 57.0 Å². The van der Waals surface area contributed by atoms with E-state index in [9.17, 15) is 4.79 Å². The maximum atomic E-state index is 12.7. The summed E-state index contributed by atoms with van der Waals surface area (Å²) in [5.74, 6) is 0.755. The van der Waals surface area contributed by atoms with Crippen molar-refractivity contribution in [2.75, 3.05) is 0 Å². The molecule has 5 heteroatoms. The molecule has 0 aliphatic carbocycles. The first-order valence-electron chi connectivity index (χ1n) is 9.43. The summed E-state index contributed by atoms with van der Waals surface area (Å²) in [5.41, 5.74) is 5.96. The average molecular weight is 377 g/mol. The fourth-order valence-corrected chi connectivity index (χ4v) is 3.22. The Labute approximate surface area is 166 Å². The number of hydrogen-bond acceptors (Lipinski definition) is 3. The maximum Gasteiger partial charge on any atom is 0.251 e. The summed E-state index contributed by atoms with van der Waals surface area (Å²) in [6.07, 6.45) is 1.80. The molecule has 0 saturated carbocycles. The van der Waals surface area contributed by atoms with Crippen LogP contribution in [0.3, 0.4) is 0 Å². The SMILES string of the molecule is Cc1ccc(OCc2cccc(C(=O)NC(C)c3cnn(C)c3C)c2)c(C)c1. The van der Waals surface area contributed by atoms with Gasteiger partial charge in [0.05, 0.1) is 12.2 Å². The molecule has 0 spiro atoms. The number of hydrogen-bond donors (Lipinski definition) is 1. The third kappa shape index (κ3) is 4.42. The third-order valence-corrected chi connectivity index (χ3v) is 5.00. The molecule has 1 amide bonds. The molecule has 1 heterocycles. The molecule has 0 aliphatic heterocycles. The van der Waals surface area contributed by atoms with Crippen molar-refractivity contribution >= 4 is 5.91 Å². The van der Waals surface area contributed by atoms with Gasteiger partial charge in [0, 0.05) is 23.9 Å². The number of rotatable bonds is 6. The van der Waals surface area contributed by atoms with E-state index >= 15 is 0 Å². The lowest BCUT2D eigenvalue weighted by Gasteiger charge is -2.15. The lowest BCUT2D eigenvalue weighted by atomic mass is 10.1. The number of nitrogens with one attached hydrogen (secondary N) is 1. The Hall–Kier alpha value is -3.08. The molecular weight excluding hydrogens is 350 g/mol. The number of carbonyl (C=O) groups excluding carboxylic acids is 1. The molecule has 0 fully saturated rings. The topological polar surface area (TPSA) is 56.1 Å². The largest absolute Gasteiger partial charge is 0.489 e. The molecule has 0 bridgehead atoms. The first kappa shape index (κ1) is 19.7. The lowest BCUT2D eigenvalue weighted by Crippen LogP contribution is -2.27. The minimum Gasteiger partial charge on any atom is -0.489 e. The number of ether oxygens (including phenoxy) is 1. The molecule has 1 atom stereocenters. The second-order valence-corrected chi connectivity index (χ2v) is 7.26. The number of nitrogens with zero attached hydrogens (tertiary/aromatic N) is 2. The van der Waals surface area contributed by atoms with Gasteiger partial charge in [-0.15, -0.1) is 0 Å². The van der Waals surface area contributed by atoms with Gasteiger partial charge in [0.25, 0.3) is 5.91 Å². The number of aromatic nitrogens is 2. The van der Waals surface area contributed by atoms with E-state index in [0.29, 0.717) is 12.2 Å². The Morgan fingerprint density at radius 2 is 1.96 bits per heavy atom. The minimum absolute atomic E-state index is 0.107. The highest BCUT2D eigenvalue weighted by Gasteiger charge is 2.16. The molecule has 0 aliphatic rings. The highest BCUT2D eigenvalue weighted by Crippen LogP contribution is 2.21. The molecule has 3 aromatic rings. The van der Waals surface area contributed by atoms with Gasteiger partial charge < -0.3 is 10.1 Å². The predicted octanol–water partition coefficient (Wildman–Crippen LogP) is 4.42. The van der Waals surface area contributed by atoms with Gasteiger partial charge in [0.2, 0.25) is 0 Å². The highest BCUT2D eigenvalue weighted by atomic mass is 16.5. The molecule has 1 unspecified atom stereocenters. The predicted molar refractivity (Wildman–Crippen MR) is 111 cm³/mol. The van der Waals surface area contributed by atoms with E-state index in [1.54, 1.807) is 6.20 Å². The van der Waals surface area contributed by atoms with E-state index in [1.165, 1.54) is 5.56 Å². The van der Waals surface area contributed by atoms with E-state index < -0.39 is 0 Å². The van der Waals surface area contributed by atoms with Crippen molar-refractivity contribution in [2.24, 2.45) is 7.05 Å². The van der Waals surface area contributed by atoms with Gasteiger partial charge in [-0.3, -0.25) is 9.48 Å². The van der Waals surface area contributed by atoms with Gasteiger partial charge in [-0.1, -0.05) is 29.8 Å². The number of amides is 1. The monoisotopic (exact) mass is 377 g/mol. The Morgan fingerprint density at radius 1 is 1.18 bits per heavy atom. The first-order valence-corrected chi connectivity index (χ1v) is 9.43. The Balaban J connectivity index is 1.66. The van der Waals surface area contributed by atoms with Crippen LogP contribution in [0.4, 0.5) is 0 Å². The molecule has 0 radical (unpaired) electrons. The van der Waals surface area contributed by atoms with Gasteiger partial charge in [0.15, 0.2) is 0 Å². The molecule has 1 aromatic heterocycles. The number of carbonyl (C=O) groups is 1. The Morgan fingerprint density at radius 3 is 2.64 bits per heavy atom. The van der Waals surface area contributed by atoms with Crippen LogP contribution in [0.25, 0.3) is 0 Å². The van der Waals surface area contributed by atoms with E-state index in [1.807, 2.05) is 68.9 Å². The molecule has 5 nitrogen and oxygen atoms in total. The van der Waals surface area contributed by atoms with Crippen molar-refractivity contribution in [1.29, 1.82) is 0 Å². The lowest BCUT2D eigenvalue weighted by molar-refractivity contribution is 0.0939. The number of aryl methyl sites for hydroxylation is 3. The minimum atomic E-state index is -0.115. The Kier molecular flexibility index (Phi) is 5.83. The Bertz CT molecular complexity index is 991. The van der Waals surface area contributed by atoms with Gasteiger partial charge in [0.1, 0.15) is 12.4 Å². The smallest absolute Gasteiger partial charge is 0.251 e. The molecule has 0 saturated heterocycles. The molecule has 146 valence electrons. The van der Waals surface area contributed by atoms with Crippen LogP contribution in [0, 0.1) is 20.8 Å². The van der Waals surface area contributed by atoms with Crippen LogP contribution < -0.4 is 10.1 Å². The van der Waals surface area contributed by atoms with Gasteiger partial charge >= 0.3 is 0 Å². The van der Waals surface area contributed by atoms with E-state index in [0.717, 1.165) is 28.1 Å². The third-order valence-electron chi connectivity index (χ3n) is 5.00. The van der Waals surface area contributed by atoms with Crippen molar-refractivity contribution in [2.45, 2.75) is 40.3 Å². The standard InChI is InChI=1S/C23H27N3O2/c1-15-9-10-22(16(2)11-15)28-14-19-7-6-8-20(12-19)23(27)25-17(3)21-13-24-26(5)18(21)4/h6-13,17H,14H2,1-5H3,(H,25,27). The van der Waals surface area contributed by atoms with E-state index in [4.69, 9.17) is 4.74 Å². The summed E-state index contributed by atoms with van der Waals surface area (Å²) in [7, 11) is 1.90. The van der Waals surface area contributed by atoms with Crippen LogP contribution in [-0.2, 0) is 13.7 Å². The molecule has 1 N–H and O–H groups in total. The normalized spacial score (nSPS) is 11.9. The summed E-state index contributed by atoms with van der Waals surface area (Å²) >= 11 is 0. The van der Waals surface area contributed by atoms with Crippen molar-refractivity contribution in [3.05, 3.63) is 82.2 Å². The summed E-state index contributed by atoms with van der Waals surface area (Å²) in [6, 6.07) is 13.6. The average Bonchev–Trinajstić information content (AvgIpc) is 3.00. The number of benzene rings is 2. The maximum absolute atomic E-state index is 12.7. The van der Waals surface area contributed by atoms with Gasteiger partial charge in [-0.25, -0.2) is 0 Å². The van der Waals surface area contributed by atoms with Crippen molar-refractivity contribution in [1.82, 2.24) is 15.1 Å². The first-order chi connectivity index (χ1) is 13.3. The van der Waals surface area contributed by atoms with Crippen LogP contribution in [-0.4, -0.2) is 15.7 Å². The summed E-state index contributed by atoms with van der Waals surface area (Å²) < 4.78 is 7.75. The second-order valence-electron chi connectivity index (χ2n) is 7.26. The van der Waals surface area contributed by atoms with Crippen molar-refractivity contribution < 1.29 is 9.53 Å². The zero-order valence-corrected chi connectivity index (χ0v) is 17.1. The van der Waals surface area contributed by atoms with E-state index in [2.05, 4.69) is 23.4 Å². The van der Waals surface area contributed by atoms with Crippen molar-refractivity contribution in [3.8, 4) is 5.75 Å². The molecule has 28 heavy (non-hydrogen) atoms. The summed E-state index contributed by atoms with van der Waals surface area (Å²) in [5, 5.41) is 7.30. The van der Waals surface area contributed by atoms with Gasteiger partial charge in [-0.2, -0.15) is 5.10 Å². The zero-order chi connectivity index (χ0) is 20.3. The van der Waals surface area contributed by atoms with Crippen LogP contribution in [0.1, 0.15) is 51.3 Å².